The summed E-state index contributed by atoms with van der Waals surface area (Å²) in [5.41, 5.74) is 4.38. The van der Waals surface area contributed by atoms with Crippen LogP contribution in [0.15, 0.2) is 58.4 Å². The summed E-state index contributed by atoms with van der Waals surface area (Å²) < 4.78 is 5.06. The number of hydrogen-bond acceptors (Lipinski definition) is 6. The molecule has 1 aromatic heterocycles. The molecule has 110 valence electrons. The van der Waals surface area contributed by atoms with Gasteiger partial charge < -0.3 is 4.74 Å². The third kappa shape index (κ3) is 3.12. The number of methoxy groups -OCH3 is 1. The third-order valence-electron chi connectivity index (χ3n) is 3.02. The van der Waals surface area contributed by atoms with Gasteiger partial charge in [0.05, 0.1) is 24.2 Å². The topological polar surface area (TPSA) is 63.6 Å². The number of ether oxygens (including phenoxy) is 1. The highest BCUT2D eigenvalue weighted by molar-refractivity contribution is 7.13. The van der Waals surface area contributed by atoms with E-state index in [0.29, 0.717) is 16.0 Å². The van der Waals surface area contributed by atoms with Gasteiger partial charge in [-0.25, -0.2) is 4.98 Å². The quantitative estimate of drug-likeness (QED) is 0.594. The van der Waals surface area contributed by atoms with Crippen LogP contribution in [-0.4, -0.2) is 18.3 Å². The molecule has 0 aliphatic rings. The summed E-state index contributed by atoms with van der Waals surface area (Å²) in [5, 5.41) is 5.20. The van der Waals surface area contributed by atoms with Gasteiger partial charge in [0.15, 0.2) is 0 Å². The maximum atomic E-state index is 12.0. The van der Waals surface area contributed by atoms with E-state index < -0.39 is 0 Å². The van der Waals surface area contributed by atoms with E-state index in [1.165, 1.54) is 0 Å². The van der Waals surface area contributed by atoms with Crippen molar-refractivity contribution in [3.8, 4) is 5.75 Å². The first-order chi connectivity index (χ1) is 10.8. The normalized spacial score (nSPS) is 11.0. The Morgan fingerprint density at radius 2 is 1.95 bits per heavy atom. The molecule has 0 saturated heterocycles. The Bertz CT molecular complexity index is 872. The van der Waals surface area contributed by atoms with E-state index in [1.54, 1.807) is 19.4 Å². The molecule has 0 radical (unpaired) electrons. The first kappa shape index (κ1) is 14.2. The largest absolute Gasteiger partial charge is 0.497 e. The molecule has 0 spiro atoms. The van der Waals surface area contributed by atoms with Crippen LogP contribution in [0.2, 0.25) is 0 Å². The SMILES string of the molecule is COc1ccc(C=NNc2nc3ccccc3c(=O)s2)cc1. The predicted octanol–water partition coefficient (Wildman–Crippen LogP) is 3.11. The van der Waals surface area contributed by atoms with E-state index in [4.69, 9.17) is 4.74 Å². The Morgan fingerprint density at radius 1 is 1.18 bits per heavy atom. The second-order valence-corrected chi connectivity index (χ2v) is 5.43. The smallest absolute Gasteiger partial charge is 0.245 e. The Morgan fingerprint density at radius 3 is 2.73 bits per heavy atom. The minimum absolute atomic E-state index is 0.0345. The van der Waals surface area contributed by atoms with E-state index >= 15 is 0 Å². The molecule has 22 heavy (non-hydrogen) atoms. The van der Waals surface area contributed by atoms with Crippen LogP contribution < -0.4 is 14.9 Å². The molecule has 2 aromatic carbocycles. The first-order valence-electron chi connectivity index (χ1n) is 6.59. The van der Waals surface area contributed by atoms with Gasteiger partial charge in [-0.15, -0.1) is 0 Å². The fourth-order valence-corrected chi connectivity index (χ4v) is 2.62. The van der Waals surface area contributed by atoms with E-state index in [1.807, 2.05) is 42.5 Å². The number of rotatable bonds is 4. The average Bonchev–Trinajstić information content (AvgIpc) is 2.56. The van der Waals surface area contributed by atoms with E-state index in [2.05, 4.69) is 15.5 Å². The van der Waals surface area contributed by atoms with Crippen LogP contribution >= 0.6 is 11.3 Å². The fourth-order valence-electron chi connectivity index (χ4n) is 1.92. The van der Waals surface area contributed by atoms with Gasteiger partial charge in [0.25, 0.3) is 0 Å². The molecule has 3 rings (SSSR count). The van der Waals surface area contributed by atoms with Gasteiger partial charge in [-0.1, -0.05) is 23.5 Å². The number of fused-ring (bicyclic) bond motifs is 1. The zero-order valence-corrected chi connectivity index (χ0v) is 12.6. The summed E-state index contributed by atoms with van der Waals surface area (Å²) in [6, 6.07) is 14.7. The third-order valence-corrected chi connectivity index (χ3v) is 3.81. The summed E-state index contributed by atoms with van der Waals surface area (Å²) >= 11 is 1.04. The van der Waals surface area contributed by atoms with Crippen LogP contribution in [0.25, 0.3) is 10.9 Å². The summed E-state index contributed by atoms with van der Waals surface area (Å²) in [6.07, 6.45) is 1.66. The minimum atomic E-state index is -0.0345. The number of benzene rings is 2. The first-order valence-corrected chi connectivity index (χ1v) is 7.41. The number of para-hydroxylation sites is 1. The number of hydrogen-bond donors (Lipinski definition) is 1. The highest BCUT2D eigenvalue weighted by atomic mass is 32.1. The molecule has 0 atom stereocenters. The number of nitrogens with one attached hydrogen (secondary N) is 1. The molecule has 5 nitrogen and oxygen atoms in total. The highest BCUT2D eigenvalue weighted by Gasteiger charge is 2.02. The molecule has 0 fully saturated rings. The predicted molar refractivity (Wildman–Crippen MR) is 90.1 cm³/mol. The highest BCUT2D eigenvalue weighted by Crippen LogP contribution is 2.14. The number of aromatic nitrogens is 1. The lowest BCUT2D eigenvalue weighted by Gasteiger charge is -2.01. The molecule has 3 aromatic rings. The summed E-state index contributed by atoms with van der Waals surface area (Å²) in [5.74, 6) is 0.791. The Hall–Kier alpha value is -2.73. The Labute approximate surface area is 130 Å². The van der Waals surface area contributed by atoms with Gasteiger partial charge in [-0.05, 0) is 42.0 Å². The summed E-state index contributed by atoms with van der Waals surface area (Å²) in [7, 11) is 1.62. The van der Waals surface area contributed by atoms with Crippen molar-refractivity contribution < 1.29 is 4.74 Å². The van der Waals surface area contributed by atoms with Crippen LogP contribution in [0.3, 0.4) is 0 Å². The van der Waals surface area contributed by atoms with Crippen molar-refractivity contribution in [2.75, 3.05) is 12.5 Å². The number of nitrogens with zero attached hydrogens (tertiary/aromatic N) is 2. The van der Waals surface area contributed by atoms with Gasteiger partial charge in [0.1, 0.15) is 5.75 Å². The number of hydrazone groups is 1. The summed E-state index contributed by atoms with van der Waals surface area (Å²) in [6.45, 7) is 0. The van der Waals surface area contributed by atoms with Gasteiger partial charge in [-0.3, -0.25) is 10.2 Å². The molecule has 0 aliphatic heterocycles. The molecule has 0 amide bonds. The molecule has 6 heteroatoms. The average molecular weight is 311 g/mol. The number of anilines is 1. The van der Waals surface area contributed by atoms with Crippen LogP contribution in [0.5, 0.6) is 5.75 Å². The molecular weight excluding hydrogens is 298 g/mol. The second kappa shape index (κ2) is 6.36. The zero-order valence-electron chi connectivity index (χ0n) is 11.8. The van der Waals surface area contributed by atoms with Crippen LogP contribution in [0.4, 0.5) is 5.13 Å². The maximum absolute atomic E-state index is 12.0. The molecule has 0 aliphatic carbocycles. The monoisotopic (exact) mass is 311 g/mol. The van der Waals surface area contributed by atoms with Crippen molar-refractivity contribution in [2.24, 2.45) is 5.10 Å². The van der Waals surface area contributed by atoms with Crippen molar-refractivity contribution >= 4 is 33.6 Å². The standard InChI is InChI=1S/C16H13N3O2S/c1-21-12-8-6-11(7-9-12)10-17-19-16-18-14-5-3-2-4-13(14)15(20)22-16/h2-10H,1H3,(H,18,19). The van der Waals surface area contributed by atoms with Gasteiger partial charge >= 0.3 is 0 Å². The van der Waals surface area contributed by atoms with Crippen molar-refractivity contribution in [1.29, 1.82) is 0 Å². The molecule has 0 unspecified atom stereocenters. The lowest BCUT2D eigenvalue weighted by Crippen LogP contribution is -2.00. The van der Waals surface area contributed by atoms with Crippen molar-refractivity contribution in [1.82, 2.24) is 4.98 Å². The second-order valence-electron chi connectivity index (χ2n) is 4.47. The molecule has 0 bridgehead atoms. The van der Waals surface area contributed by atoms with Crippen molar-refractivity contribution in [3.05, 3.63) is 63.6 Å². The molecule has 1 heterocycles. The van der Waals surface area contributed by atoms with Crippen LogP contribution in [0, 0.1) is 0 Å². The molecule has 1 N–H and O–H groups in total. The van der Waals surface area contributed by atoms with Crippen molar-refractivity contribution in [3.63, 3.8) is 0 Å². The minimum Gasteiger partial charge on any atom is -0.497 e. The Balaban J connectivity index is 1.78. The Kier molecular flexibility index (Phi) is 4.11. The molecule has 0 saturated carbocycles. The van der Waals surface area contributed by atoms with E-state index in [-0.39, 0.29) is 4.74 Å². The van der Waals surface area contributed by atoms with Gasteiger partial charge in [0.2, 0.25) is 9.87 Å². The van der Waals surface area contributed by atoms with E-state index in [9.17, 15) is 4.79 Å². The zero-order chi connectivity index (χ0) is 15.4. The van der Waals surface area contributed by atoms with Gasteiger partial charge in [-0.2, -0.15) is 5.10 Å². The summed E-state index contributed by atoms with van der Waals surface area (Å²) in [4.78, 5) is 16.3. The van der Waals surface area contributed by atoms with Gasteiger partial charge in [0, 0.05) is 0 Å². The fraction of sp³-hybridized carbons (Fsp3) is 0.0625. The van der Waals surface area contributed by atoms with Crippen LogP contribution in [-0.2, 0) is 0 Å². The lowest BCUT2D eigenvalue weighted by atomic mass is 10.2. The van der Waals surface area contributed by atoms with Crippen molar-refractivity contribution in [2.45, 2.75) is 0 Å². The van der Waals surface area contributed by atoms with E-state index in [0.717, 1.165) is 22.6 Å². The molecular formula is C16H13N3O2S. The van der Waals surface area contributed by atoms with Crippen LogP contribution in [0.1, 0.15) is 5.56 Å². The lowest BCUT2D eigenvalue weighted by molar-refractivity contribution is 0.415. The maximum Gasteiger partial charge on any atom is 0.245 e.